The number of benzene rings is 1. The summed E-state index contributed by atoms with van der Waals surface area (Å²) in [5.41, 5.74) is 0.621. The summed E-state index contributed by atoms with van der Waals surface area (Å²) in [6.07, 6.45) is 1.64. The number of nitrogens with zero attached hydrogens (tertiary/aromatic N) is 1. The number of carbonyl (C=O) groups excluding carboxylic acids is 1. The summed E-state index contributed by atoms with van der Waals surface area (Å²) in [6.45, 7) is 0.848. The monoisotopic (exact) mass is 329 g/mol. The van der Waals surface area contributed by atoms with Gasteiger partial charge in [0.25, 0.3) is 5.56 Å². The average molecular weight is 329 g/mol. The fourth-order valence-electron chi connectivity index (χ4n) is 2.78. The number of carbonyl (C=O) groups is 1. The molecule has 1 amide bonds. The maximum Gasteiger partial charge on any atom is 0.254 e. The molecule has 3 N–H and O–H groups in total. The van der Waals surface area contributed by atoms with Crippen molar-refractivity contribution < 1.29 is 14.6 Å². The summed E-state index contributed by atoms with van der Waals surface area (Å²) in [6, 6.07) is 8.75. The Kier molecular flexibility index (Phi) is 4.79. The smallest absolute Gasteiger partial charge is 0.254 e. The lowest BCUT2D eigenvalue weighted by Gasteiger charge is -2.13. The molecule has 0 saturated carbocycles. The van der Waals surface area contributed by atoms with E-state index in [1.54, 1.807) is 0 Å². The van der Waals surface area contributed by atoms with Crippen LogP contribution in [0, 0.1) is 5.92 Å². The SMILES string of the molecule is O=C(NCCc1nc(O)cc(=O)[nH]1)[C@@H]1CCOc2ccccc2C1. The van der Waals surface area contributed by atoms with Crippen molar-refractivity contribution in [3.8, 4) is 11.6 Å². The van der Waals surface area contributed by atoms with Crippen LogP contribution in [0.25, 0.3) is 0 Å². The lowest BCUT2D eigenvalue weighted by atomic mass is 9.96. The molecule has 1 atom stereocenters. The molecule has 0 fully saturated rings. The molecule has 0 unspecified atom stereocenters. The van der Waals surface area contributed by atoms with Crippen LogP contribution in [0.15, 0.2) is 35.1 Å². The molecular weight excluding hydrogens is 310 g/mol. The highest BCUT2D eigenvalue weighted by Gasteiger charge is 2.23. The van der Waals surface area contributed by atoms with Crippen molar-refractivity contribution in [2.24, 2.45) is 5.92 Å². The Labute approximate surface area is 138 Å². The Morgan fingerprint density at radius 2 is 2.25 bits per heavy atom. The molecule has 2 aromatic rings. The van der Waals surface area contributed by atoms with Gasteiger partial charge in [-0.3, -0.25) is 9.59 Å². The Morgan fingerprint density at radius 3 is 3.08 bits per heavy atom. The Balaban J connectivity index is 1.56. The number of amides is 1. The highest BCUT2D eigenvalue weighted by Crippen LogP contribution is 2.26. The molecular formula is C17H19N3O4. The third-order valence-electron chi connectivity index (χ3n) is 3.97. The van der Waals surface area contributed by atoms with Gasteiger partial charge in [-0.1, -0.05) is 18.2 Å². The summed E-state index contributed by atoms with van der Waals surface area (Å²) >= 11 is 0. The van der Waals surface area contributed by atoms with E-state index >= 15 is 0 Å². The largest absolute Gasteiger partial charge is 0.493 e. The predicted molar refractivity (Wildman–Crippen MR) is 87.0 cm³/mol. The maximum absolute atomic E-state index is 12.4. The molecule has 0 aliphatic carbocycles. The number of hydrogen-bond donors (Lipinski definition) is 3. The summed E-state index contributed by atoms with van der Waals surface area (Å²) in [7, 11) is 0. The number of aromatic hydroxyl groups is 1. The van der Waals surface area contributed by atoms with Gasteiger partial charge >= 0.3 is 0 Å². The molecule has 0 saturated heterocycles. The number of fused-ring (bicyclic) bond motifs is 1. The fraction of sp³-hybridized carbons (Fsp3) is 0.353. The third kappa shape index (κ3) is 3.92. The van der Waals surface area contributed by atoms with Gasteiger partial charge in [0, 0.05) is 18.9 Å². The maximum atomic E-state index is 12.4. The summed E-state index contributed by atoms with van der Waals surface area (Å²) in [4.78, 5) is 30.0. The molecule has 24 heavy (non-hydrogen) atoms. The van der Waals surface area contributed by atoms with Crippen LogP contribution in [0.5, 0.6) is 11.6 Å². The standard InChI is InChI=1S/C17H19N3O4/c21-15-10-16(22)20-14(19-15)5-7-18-17(23)12-6-8-24-13-4-2-1-3-11(13)9-12/h1-4,10,12H,5-9H2,(H,18,23)(H2,19,20,21,22)/t12-/m1/s1. The van der Waals surface area contributed by atoms with E-state index in [0.29, 0.717) is 38.2 Å². The van der Waals surface area contributed by atoms with Crippen LogP contribution in [0.4, 0.5) is 0 Å². The van der Waals surface area contributed by atoms with E-state index in [1.807, 2.05) is 24.3 Å². The van der Waals surface area contributed by atoms with E-state index in [-0.39, 0.29) is 17.7 Å². The second-order valence-corrected chi connectivity index (χ2v) is 5.74. The zero-order chi connectivity index (χ0) is 16.9. The number of aromatic amines is 1. The lowest BCUT2D eigenvalue weighted by Crippen LogP contribution is -2.34. The van der Waals surface area contributed by atoms with Crippen molar-refractivity contribution in [1.82, 2.24) is 15.3 Å². The van der Waals surface area contributed by atoms with Crippen LogP contribution in [-0.4, -0.2) is 34.1 Å². The normalized spacial score (nSPS) is 16.6. The number of para-hydroxylation sites is 1. The summed E-state index contributed by atoms with van der Waals surface area (Å²) < 4.78 is 5.67. The van der Waals surface area contributed by atoms with Gasteiger partial charge in [-0.15, -0.1) is 0 Å². The van der Waals surface area contributed by atoms with Gasteiger partial charge < -0.3 is 20.1 Å². The quantitative estimate of drug-likeness (QED) is 0.769. The van der Waals surface area contributed by atoms with Gasteiger partial charge in [0.2, 0.25) is 11.8 Å². The zero-order valence-electron chi connectivity index (χ0n) is 13.1. The van der Waals surface area contributed by atoms with Crippen molar-refractivity contribution in [1.29, 1.82) is 0 Å². The zero-order valence-corrected chi connectivity index (χ0v) is 13.1. The minimum Gasteiger partial charge on any atom is -0.493 e. The Morgan fingerprint density at radius 1 is 1.42 bits per heavy atom. The van der Waals surface area contributed by atoms with Crippen LogP contribution >= 0.6 is 0 Å². The van der Waals surface area contributed by atoms with Gasteiger partial charge in [-0.05, 0) is 24.5 Å². The van der Waals surface area contributed by atoms with Crippen molar-refractivity contribution in [2.45, 2.75) is 19.3 Å². The molecule has 0 radical (unpaired) electrons. The number of rotatable bonds is 4. The molecule has 1 aromatic heterocycles. The van der Waals surface area contributed by atoms with E-state index in [0.717, 1.165) is 17.4 Å². The van der Waals surface area contributed by atoms with E-state index in [9.17, 15) is 14.7 Å². The molecule has 126 valence electrons. The van der Waals surface area contributed by atoms with Crippen LogP contribution in [0.1, 0.15) is 17.8 Å². The average Bonchev–Trinajstić information content (AvgIpc) is 2.76. The first-order valence-corrected chi connectivity index (χ1v) is 7.89. The number of H-pyrrole nitrogens is 1. The molecule has 1 aromatic carbocycles. The van der Waals surface area contributed by atoms with E-state index in [1.165, 1.54) is 0 Å². The van der Waals surface area contributed by atoms with E-state index in [2.05, 4.69) is 15.3 Å². The van der Waals surface area contributed by atoms with Gasteiger partial charge in [0.15, 0.2) is 0 Å². The van der Waals surface area contributed by atoms with Gasteiger partial charge in [-0.2, -0.15) is 0 Å². The minimum atomic E-state index is -0.415. The highest BCUT2D eigenvalue weighted by atomic mass is 16.5. The number of hydrogen-bond acceptors (Lipinski definition) is 5. The van der Waals surface area contributed by atoms with Crippen molar-refractivity contribution in [3.63, 3.8) is 0 Å². The predicted octanol–water partition coefficient (Wildman–Crippen LogP) is 0.776. The lowest BCUT2D eigenvalue weighted by molar-refractivity contribution is -0.125. The molecule has 7 nitrogen and oxygen atoms in total. The molecule has 3 rings (SSSR count). The first kappa shape index (κ1) is 16.0. The van der Waals surface area contributed by atoms with Gasteiger partial charge in [0.1, 0.15) is 11.6 Å². The second kappa shape index (κ2) is 7.16. The van der Waals surface area contributed by atoms with Crippen LogP contribution in [0.2, 0.25) is 0 Å². The second-order valence-electron chi connectivity index (χ2n) is 5.74. The topological polar surface area (TPSA) is 104 Å². The van der Waals surface area contributed by atoms with Crippen LogP contribution < -0.4 is 15.6 Å². The first-order chi connectivity index (χ1) is 11.6. The Bertz CT molecular complexity index is 787. The minimum absolute atomic E-state index is 0.0437. The van der Waals surface area contributed by atoms with Crippen molar-refractivity contribution in [2.75, 3.05) is 13.2 Å². The summed E-state index contributed by atoms with van der Waals surface area (Å²) in [5, 5.41) is 12.2. The van der Waals surface area contributed by atoms with E-state index < -0.39 is 5.56 Å². The fourth-order valence-corrected chi connectivity index (χ4v) is 2.78. The van der Waals surface area contributed by atoms with Gasteiger partial charge in [-0.25, -0.2) is 4.98 Å². The molecule has 1 aliphatic rings. The molecule has 0 spiro atoms. The molecule has 7 heteroatoms. The van der Waals surface area contributed by atoms with Crippen molar-refractivity contribution >= 4 is 5.91 Å². The first-order valence-electron chi connectivity index (χ1n) is 7.89. The Hall–Kier alpha value is -2.83. The number of aromatic nitrogens is 2. The van der Waals surface area contributed by atoms with E-state index in [4.69, 9.17) is 4.74 Å². The molecule has 1 aliphatic heterocycles. The molecule has 0 bridgehead atoms. The van der Waals surface area contributed by atoms with Gasteiger partial charge in [0.05, 0.1) is 12.7 Å². The highest BCUT2D eigenvalue weighted by molar-refractivity contribution is 5.79. The number of ether oxygens (including phenoxy) is 1. The number of nitrogens with one attached hydrogen (secondary N) is 2. The van der Waals surface area contributed by atoms with Crippen LogP contribution in [0.3, 0.4) is 0 Å². The van der Waals surface area contributed by atoms with Crippen molar-refractivity contribution in [3.05, 3.63) is 52.1 Å². The third-order valence-corrected chi connectivity index (χ3v) is 3.97. The van der Waals surface area contributed by atoms with Crippen LogP contribution in [-0.2, 0) is 17.6 Å². The summed E-state index contributed by atoms with van der Waals surface area (Å²) in [5.74, 6) is 0.671. The molecule has 2 heterocycles.